The van der Waals surface area contributed by atoms with Crippen molar-refractivity contribution in [3.63, 3.8) is 0 Å². The minimum absolute atomic E-state index is 0.292. The maximum atomic E-state index is 11.1. The first-order valence-electron chi connectivity index (χ1n) is 9.42. The highest BCUT2D eigenvalue weighted by atomic mass is 32.1. The molecule has 3 heterocycles. The maximum Gasteiger partial charge on any atom is 0.303 e. The van der Waals surface area contributed by atoms with Crippen molar-refractivity contribution in [2.45, 2.75) is 38.8 Å². The van der Waals surface area contributed by atoms with Gasteiger partial charge in [0.15, 0.2) is 0 Å². The highest BCUT2D eigenvalue weighted by Gasteiger charge is 2.34. The second-order valence-corrected chi connectivity index (χ2v) is 8.65. The third-order valence-corrected chi connectivity index (χ3v) is 6.86. The topological polar surface area (TPSA) is 47.0 Å². The standard InChI is InChI=1S/C19H31N3O2S/c1-15-6-12-25-18(15)14-21-7-5-17(16(13-21)3-4-19(23)24)22-10-8-20(2)9-11-22/h6,12,16-17H,3-5,7-11,13-14H2,1-2H3,(H,23,24)/t16-,17+/m0/s1. The number of likely N-dealkylation sites (N-methyl/N-ethyl adjacent to an activating group) is 1. The van der Waals surface area contributed by atoms with Crippen LogP contribution in [0.1, 0.15) is 29.7 Å². The summed E-state index contributed by atoms with van der Waals surface area (Å²) in [6.07, 6.45) is 2.26. The lowest BCUT2D eigenvalue weighted by molar-refractivity contribution is -0.137. The molecule has 0 aliphatic carbocycles. The van der Waals surface area contributed by atoms with Crippen molar-refractivity contribution in [2.75, 3.05) is 46.3 Å². The lowest BCUT2D eigenvalue weighted by Crippen LogP contribution is -2.56. The minimum atomic E-state index is -0.664. The third kappa shape index (κ3) is 5.03. The maximum absolute atomic E-state index is 11.1. The summed E-state index contributed by atoms with van der Waals surface area (Å²) in [5.74, 6) is -0.197. The van der Waals surface area contributed by atoms with Crippen LogP contribution in [0.2, 0.25) is 0 Å². The lowest BCUT2D eigenvalue weighted by atomic mass is 9.86. The molecule has 0 saturated carbocycles. The van der Waals surface area contributed by atoms with Crippen molar-refractivity contribution in [1.82, 2.24) is 14.7 Å². The summed E-state index contributed by atoms with van der Waals surface area (Å²) in [4.78, 5) is 20.1. The number of piperazine rings is 1. The van der Waals surface area contributed by atoms with Crippen LogP contribution in [-0.4, -0.2) is 78.1 Å². The average Bonchev–Trinajstić information content (AvgIpc) is 2.99. The van der Waals surface area contributed by atoms with Gasteiger partial charge in [-0.15, -0.1) is 11.3 Å². The first kappa shape index (κ1) is 18.8. The Labute approximate surface area is 155 Å². The molecule has 2 saturated heterocycles. The van der Waals surface area contributed by atoms with Crippen LogP contribution >= 0.6 is 11.3 Å². The number of carboxylic acid groups (broad SMARTS) is 1. The van der Waals surface area contributed by atoms with Crippen molar-refractivity contribution in [2.24, 2.45) is 5.92 Å². The number of piperidine rings is 1. The van der Waals surface area contributed by atoms with Gasteiger partial charge in [-0.3, -0.25) is 14.6 Å². The molecule has 2 aliphatic rings. The number of nitrogens with zero attached hydrogens (tertiary/aromatic N) is 3. The van der Waals surface area contributed by atoms with E-state index >= 15 is 0 Å². The van der Waals surface area contributed by atoms with E-state index in [1.807, 2.05) is 11.3 Å². The molecular formula is C19H31N3O2S. The zero-order chi connectivity index (χ0) is 17.8. The molecule has 3 rings (SSSR count). The van der Waals surface area contributed by atoms with Gasteiger partial charge in [0, 0.05) is 63.2 Å². The van der Waals surface area contributed by atoms with Crippen LogP contribution in [0.5, 0.6) is 0 Å². The van der Waals surface area contributed by atoms with Crippen LogP contribution in [-0.2, 0) is 11.3 Å². The van der Waals surface area contributed by atoms with Gasteiger partial charge in [-0.2, -0.15) is 0 Å². The zero-order valence-electron chi connectivity index (χ0n) is 15.5. The molecule has 5 nitrogen and oxygen atoms in total. The lowest BCUT2D eigenvalue weighted by Gasteiger charge is -2.46. The number of rotatable bonds is 6. The Morgan fingerprint density at radius 1 is 1.28 bits per heavy atom. The van der Waals surface area contributed by atoms with Crippen molar-refractivity contribution < 1.29 is 9.90 Å². The summed E-state index contributed by atoms with van der Waals surface area (Å²) in [5.41, 5.74) is 1.38. The van der Waals surface area contributed by atoms with Crippen LogP contribution < -0.4 is 0 Å². The molecule has 0 amide bonds. The van der Waals surface area contributed by atoms with E-state index in [-0.39, 0.29) is 0 Å². The second kappa shape index (κ2) is 8.62. The van der Waals surface area contributed by atoms with Gasteiger partial charge >= 0.3 is 5.97 Å². The largest absolute Gasteiger partial charge is 0.481 e. The molecule has 0 aromatic carbocycles. The molecule has 2 fully saturated rings. The fourth-order valence-electron chi connectivity index (χ4n) is 4.23. The molecule has 6 heteroatoms. The number of aliphatic carboxylic acids is 1. The second-order valence-electron chi connectivity index (χ2n) is 7.65. The first-order chi connectivity index (χ1) is 12.0. The number of hydrogen-bond acceptors (Lipinski definition) is 5. The Bertz CT molecular complexity index is 569. The van der Waals surface area contributed by atoms with Gasteiger partial charge in [0.1, 0.15) is 0 Å². The molecule has 0 bridgehead atoms. The normalized spacial score (nSPS) is 26.8. The molecule has 140 valence electrons. The molecule has 2 aliphatic heterocycles. The molecule has 0 spiro atoms. The van der Waals surface area contributed by atoms with Gasteiger partial charge in [0.05, 0.1) is 0 Å². The number of hydrogen-bond donors (Lipinski definition) is 1. The van der Waals surface area contributed by atoms with E-state index in [0.717, 1.165) is 52.2 Å². The molecule has 0 unspecified atom stereocenters. The Morgan fingerprint density at radius 3 is 2.68 bits per heavy atom. The quantitative estimate of drug-likeness (QED) is 0.839. The van der Waals surface area contributed by atoms with Crippen molar-refractivity contribution in [1.29, 1.82) is 0 Å². The molecular weight excluding hydrogens is 334 g/mol. The highest BCUT2D eigenvalue weighted by Crippen LogP contribution is 2.29. The monoisotopic (exact) mass is 365 g/mol. The van der Waals surface area contributed by atoms with Gasteiger partial charge < -0.3 is 10.0 Å². The van der Waals surface area contributed by atoms with E-state index in [1.54, 1.807) is 0 Å². The molecule has 2 atom stereocenters. The smallest absolute Gasteiger partial charge is 0.303 e. The van der Waals surface area contributed by atoms with Crippen molar-refractivity contribution >= 4 is 17.3 Å². The van der Waals surface area contributed by atoms with Gasteiger partial charge in [-0.25, -0.2) is 0 Å². The number of thiophene rings is 1. The van der Waals surface area contributed by atoms with Crippen LogP contribution in [0.4, 0.5) is 0 Å². The minimum Gasteiger partial charge on any atom is -0.481 e. The zero-order valence-corrected chi connectivity index (χ0v) is 16.3. The van der Waals surface area contributed by atoms with Crippen LogP contribution in [0.3, 0.4) is 0 Å². The summed E-state index contributed by atoms with van der Waals surface area (Å²) in [6.45, 7) is 9.84. The fraction of sp³-hybridized carbons (Fsp3) is 0.737. The van der Waals surface area contributed by atoms with E-state index in [1.165, 1.54) is 16.9 Å². The summed E-state index contributed by atoms with van der Waals surface area (Å²) >= 11 is 1.84. The third-order valence-electron chi connectivity index (χ3n) is 5.85. The predicted molar refractivity (Wildman–Crippen MR) is 102 cm³/mol. The summed E-state index contributed by atoms with van der Waals surface area (Å²) in [6, 6.07) is 2.74. The number of carbonyl (C=O) groups is 1. The van der Waals surface area contributed by atoms with Crippen molar-refractivity contribution in [3.05, 3.63) is 21.9 Å². The highest BCUT2D eigenvalue weighted by molar-refractivity contribution is 7.10. The average molecular weight is 366 g/mol. The predicted octanol–water partition coefficient (Wildman–Crippen LogP) is 2.36. The number of carboxylic acids is 1. The van der Waals surface area contributed by atoms with Crippen molar-refractivity contribution in [3.8, 4) is 0 Å². The van der Waals surface area contributed by atoms with E-state index < -0.39 is 5.97 Å². The van der Waals surface area contributed by atoms with E-state index in [9.17, 15) is 4.79 Å². The van der Waals surface area contributed by atoms with Gasteiger partial charge in [0.2, 0.25) is 0 Å². The molecule has 25 heavy (non-hydrogen) atoms. The summed E-state index contributed by atoms with van der Waals surface area (Å²) in [5, 5.41) is 11.3. The SMILES string of the molecule is Cc1ccsc1CN1CC[C@@H](N2CCN(C)CC2)[C@@H](CCC(=O)O)C1. The Morgan fingerprint density at radius 2 is 2.04 bits per heavy atom. The van der Waals surface area contributed by atoms with E-state index in [4.69, 9.17) is 5.11 Å². The Hall–Kier alpha value is -0.950. The van der Waals surface area contributed by atoms with E-state index in [0.29, 0.717) is 18.4 Å². The molecule has 1 aromatic rings. The van der Waals surface area contributed by atoms with Crippen LogP contribution in [0.25, 0.3) is 0 Å². The molecule has 1 aromatic heterocycles. The number of aryl methyl sites for hydroxylation is 1. The van der Waals surface area contributed by atoms with Crippen LogP contribution in [0.15, 0.2) is 11.4 Å². The van der Waals surface area contributed by atoms with Gasteiger partial charge in [-0.1, -0.05) is 0 Å². The summed E-state index contributed by atoms with van der Waals surface area (Å²) in [7, 11) is 2.19. The van der Waals surface area contributed by atoms with Crippen LogP contribution in [0, 0.1) is 12.8 Å². The van der Waals surface area contributed by atoms with Gasteiger partial charge in [0.25, 0.3) is 0 Å². The first-order valence-corrected chi connectivity index (χ1v) is 10.3. The van der Waals surface area contributed by atoms with E-state index in [2.05, 4.69) is 40.1 Å². The molecule has 0 radical (unpaired) electrons. The summed E-state index contributed by atoms with van der Waals surface area (Å²) < 4.78 is 0. The van der Waals surface area contributed by atoms with Gasteiger partial charge in [-0.05, 0) is 49.7 Å². The number of likely N-dealkylation sites (tertiary alicyclic amines) is 1. The fourth-order valence-corrected chi connectivity index (χ4v) is 5.18. The molecule has 1 N–H and O–H groups in total. The Kier molecular flexibility index (Phi) is 6.49. The Balaban J connectivity index is 1.63.